The lowest BCUT2D eigenvalue weighted by Gasteiger charge is -2.04. The Morgan fingerprint density at radius 3 is 2.93 bits per heavy atom. The monoisotopic (exact) mass is 373 g/mol. The number of benzene rings is 2. The van der Waals surface area contributed by atoms with E-state index in [1.807, 2.05) is 30.3 Å². The molecule has 0 radical (unpaired) electrons. The van der Waals surface area contributed by atoms with Gasteiger partial charge in [-0.3, -0.25) is 9.78 Å². The molecule has 0 aliphatic rings. The standard InChI is InChI=1S/C20H12FN5O2/c21-16-5-4-15(9-14(16)11-22)24-18(27)10-19-25-26-20(28-19)13-3-6-17-12(8-13)2-1-7-23-17/h1-9H,10H2,(H,24,27). The van der Waals surface area contributed by atoms with Crippen LogP contribution in [0.2, 0.25) is 0 Å². The molecule has 0 saturated carbocycles. The van der Waals surface area contributed by atoms with Gasteiger partial charge in [-0.2, -0.15) is 5.26 Å². The van der Waals surface area contributed by atoms with Gasteiger partial charge in [0.25, 0.3) is 0 Å². The van der Waals surface area contributed by atoms with E-state index in [4.69, 9.17) is 9.68 Å². The van der Waals surface area contributed by atoms with Crippen molar-refractivity contribution in [3.8, 4) is 17.5 Å². The number of anilines is 1. The summed E-state index contributed by atoms with van der Waals surface area (Å²) in [4.78, 5) is 16.4. The van der Waals surface area contributed by atoms with Gasteiger partial charge in [-0.05, 0) is 42.5 Å². The molecule has 0 bridgehead atoms. The lowest BCUT2D eigenvalue weighted by atomic mass is 10.1. The molecular formula is C20H12FN5O2. The molecule has 0 unspecified atom stereocenters. The number of aromatic nitrogens is 3. The quantitative estimate of drug-likeness (QED) is 0.587. The van der Waals surface area contributed by atoms with E-state index < -0.39 is 11.7 Å². The first kappa shape index (κ1) is 17.3. The highest BCUT2D eigenvalue weighted by atomic mass is 19.1. The van der Waals surface area contributed by atoms with Crippen molar-refractivity contribution in [3.63, 3.8) is 0 Å². The summed E-state index contributed by atoms with van der Waals surface area (Å²) in [5.74, 6) is -0.635. The minimum absolute atomic E-state index is 0.140. The SMILES string of the molecule is N#Cc1cc(NC(=O)Cc2nnc(-c3ccc4ncccc4c3)o2)ccc1F. The van der Waals surface area contributed by atoms with Crippen molar-refractivity contribution in [1.82, 2.24) is 15.2 Å². The molecule has 1 amide bonds. The molecule has 2 aromatic carbocycles. The topological polar surface area (TPSA) is 105 Å². The first-order valence-corrected chi connectivity index (χ1v) is 8.29. The molecule has 1 N–H and O–H groups in total. The molecule has 4 aromatic rings. The molecule has 0 aliphatic carbocycles. The van der Waals surface area contributed by atoms with E-state index in [9.17, 15) is 9.18 Å². The van der Waals surface area contributed by atoms with E-state index in [1.54, 1.807) is 12.3 Å². The third-order valence-electron chi connectivity index (χ3n) is 4.00. The van der Waals surface area contributed by atoms with Crippen molar-refractivity contribution in [2.45, 2.75) is 6.42 Å². The maximum atomic E-state index is 13.3. The second kappa shape index (κ2) is 7.25. The summed E-state index contributed by atoms with van der Waals surface area (Å²) in [6.45, 7) is 0. The number of hydrogen-bond donors (Lipinski definition) is 1. The molecule has 136 valence electrons. The summed E-state index contributed by atoms with van der Waals surface area (Å²) in [6, 6.07) is 14.8. The van der Waals surface area contributed by atoms with E-state index in [2.05, 4.69) is 20.5 Å². The number of rotatable bonds is 4. The summed E-state index contributed by atoms with van der Waals surface area (Å²) in [6.07, 6.45) is 1.56. The molecule has 0 saturated heterocycles. The normalized spacial score (nSPS) is 10.6. The van der Waals surface area contributed by atoms with E-state index >= 15 is 0 Å². The minimum Gasteiger partial charge on any atom is -0.420 e. The van der Waals surface area contributed by atoms with Crippen LogP contribution in [0.1, 0.15) is 11.5 Å². The predicted octanol–water partition coefficient (Wildman–Crippen LogP) is 3.48. The molecule has 7 nitrogen and oxygen atoms in total. The van der Waals surface area contributed by atoms with Gasteiger partial charge in [-0.25, -0.2) is 4.39 Å². The van der Waals surface area contributed by atoms with Gasteiger partial charge in [-0.1, -0.05) is 6.07 Å². The van der Waals surface area contributed by atoms with Crippen LogP contribution in [0.3, 0.4) is 0 Å². The Labute approximate surface area is 158 Å². The molecule has 0 atom stereocenters. The van der Waals surface area contributed by atoms with Gasteiger partial charge in [0, 0.05) is 22.8 Å². The summed E-state index contributed by atoms with van der Waals surface area (Å²) in [7, 11) is 0. The van der Waals surface area contributed by atoms with Crippen LogP contribution in [0.5, 0.6) is 0 Å². The maximum absolute atomic E-state index is 13.3. The number of nitrogens with zero attached hydrogens (tertiary/aromatic N) is 4. The number of amides is 1. The van der Waals surface area contributed by atoms with Gasteiger partial charge in [0.1, 0.15) is 18.3 Å². The predicted molar refractivity (Wildman–Crippen MR) is 98.5 cm³/mol. The smallest absolute Gasteiger partial charge is 0.247 e. The Bertz CT molecular complexity index is 1230. The van der Waals surface area contributed by atoms with Crippen LogP contribution in [0.15, 0.2) is 59.1 Å². The first-order chi connectivity index (χ1) is 13.6. The Kier molecular flexibility index (Phi) is 4.48. The zero-order chi connectivity index (χ0) is 19.5. The third kappa shape index (κ3) is 3.54. The Morgan fingerprint density at radius 1 is 1.18 bits per heavy atom. The minimum atomic E-state index is -0.646. The number of hydrogen-bond acceptors (Lipinski definition) is 6. The van der Waals surface area contributed by atoms with Gasteiger partial charge >= 0.3 is 0 Å². The largest absolute Gasteiger partial charge is 0.420 e. The molecule has 2 aromatic heterocycles. The molecule has 2 heterocycles. The van der Waals surface area contributed by atoms with Crippen molar-refractivity contribution < 1.29 is 13.6 Å². The Hall–Kier alpha value is -4.12. The molecule has 8 heteroatoms. The fourth-order valence-corrected chi connectivity index (χ4v) is 2.68. The highest BCUT2D eigenvalue weighted by molar-refractivity contribution is 5.92. The zero-order valence-corrected chi connectivity index (χ0v) is 14.4. The third-order valence-corrected chi connectivity index (χ3v) is 4.00. The van der Waals surface area contributed by atoms with E-state index in [-0.39, 0.29) is 17.9 Å². The van der Waals surface area contributed by atoms with Crippen LogP contribution in [0.25, 0.3) is 22.4 Å². The number of halogens is 1. The number of fused-ring (bicyclic) bond motifs is 1. The second-order valence-corrected chi connectivity index (χ2v) is 5.94. The Balaban J connectivity index is 1.48. The van der Waals surface area contributed by atoms with Crippen molar-refractivity contribution >= 4 is 22.5 Å². The van der Waals surface area contributed by atoms with Crippen LogP contribution in [-0.2, 0) is 11.2 Å². The zero-order valence-electron chi connectivity index (χ0n) is 14.4. The molecule has 0 aliphatic heterocycles. The molecular weight excluding hydrogens is 361 g/mol. The molecule has 4 rings (SSSR count). The molecule has 28 heavy (non-hydrogen) atoms. The van der Waals surface area contributed by atoms with Gasteiger partial charge in [-0.15, -0.1) is 10.2 Å². The van der Waals surface area contributed by atoms with Crippen molar-refractivity contribution in [2.24, 2.45) is 0 Å². The summed E-state index contributed by atoms with van der Waals surface area (Å²) in [5, 5.41) is 20.2. The van der Waals surface area contributed by atoms with E-state index in [0.717, 1.165) is 22.5 Å². The first-order valence-electron chi connectivity index (χ1n) is 8.29. The maximum Gasteiger partial charge on any atom is 0.247 e. The molecule has 0 spiro atoms. The van der Waals surface area contributed by atoms with Gasteiger partial charge in [0.05, 0.1) is 11.1 Å². The summed E-state index contributed by atoms with van der Waals surface area (Å²) < 4.78 is 18.9. The fourth-order valence-electron chi connectivity index (χ4n) is 2.68. The lowest BCUT2D eigenvalue weighted by Crippen LogP contribution is -2.14. The second-order valence-electron chi connectivity index (χ2n) is 5.94. The Morgan fingerprint density at radius 2 is 2.07 bits per heavy atom. The highest BCUT2D eigenvalue weighted by Gasteiger charge is 2.14. The average molecular weight is 373 g/mol. The number of pyridine rings is 1. The summed E-state index contributed by atoms with van der Waals surface area (Å²) >= 11 is 0. The summed E-state index contributed by atoms with van der Waals surface area (Å²) in [5.41, 5.74) is 1.73. The van der Waals surface area contributed by atoms with Crippen molar-refractivity contribution in [1.29, 1.82) is 5.26 Å². The number of nitrogens with one attached hydrogen (secondary N) is 1. The van der Waals surface area contributed by atoms with E-state index in [1.165, 1.54) is 12.1 Å². The number of nitriles is 1. The van der Waals surface area contributed by atoms with Gasteiger partial charge in [0.15, 0.2) is 0 Å². The van der Waals surface area contributed by atoms with Gasteiger partial charge < -0.3 is 9.73 Å². The van der Waals surface area contributed by atoms with Crippen molar-refractivity contribution in [3.05, 3.63) is 72.0 Å². The fraction of sp³-hybridized carbons (Fsp3) is 0.0500. The van der Waals surface area contributed by atoms with E-state index in [0.29, 0.717) is 11.6 Å². The lowest BCUT2D eigenvalue weighted by molar-refractivity contribution is -0.115. The molecule has 0 fully saturated rings. The van der Waals surface area contributed by atoms with Crippen LogP contribution in [0.4, 0.5) is 10.1 Å². The highest BCUT2D eigenvalue weighted by Crippen LogP contribution is 2.22. The van der Waals surface area contributed by atoms with Crippen LogP contribution in [0, 0.1) is 17.1 Å². The van der Waals surface area contributed by atoms with Crippen LogP contribution >= 0.6 is 0 Å². The number of carbonyl (C=O) groups is 1. The van der Waals surface area contributed by atoms with Crippen molar-refractivity contribution in [2.75, 3.05) is 5.32 Å². The van der Waals surface area contributed by atoms with Gasteiger partial charge in [0.2, 0.25) is 17.7 Å². The van der Waals surface area contributed by atoms with Crippen LogP contribution < -0.4 is 5.32 Å². The van der Waals surface area contributed by atoms with Crippen LogP contribution in [-0.4, -0.2) is 21.1 Å². The number of carbonyl (C=O) groups excluding carboxylic acids is 1. The average Bonchev–Trinajstić information content (AvgIpc) is 3.17.